The zero-order valence-corrected chi connectivity index (χ0v) is 10.3. The first-order valence-electron chi connectivity index (χ1n) is 5.39. The fraction of sp³-hybridized carbons (Fsp3) is 0.909. The summed E-state index contributed by atoms with van der Waals surface area (Å²) in [6, 6.07) is 0. The van der Waals surface area contributed by atoms with Crippen molar-refractivity contribution in [3.63, 3.8) is 0 Å². The van der Waals surface area contributed by atoms with E-state index in [-0.39, 0.29) is 0 Å². The molecule has 0 N–H and O–H groups in total. The van der Waals surface area contributed by atoms with Crippen LogP contribution in [0.4, 0.5) is 0 Å². The van der Waals surface area contributed by atoms with Crippen LogP contribution in [-0.2, 0) is 0 Å². The third-order valence-corrected chi connectivity index (χ3v) is 2.52. The number of rotatable bonds is 6. The molecule has 0 aromatic heterocycles. The van der Waals surface area contributed by atoms with Gasteiger partial charge in [-0.1, -0.05) is 39.4 Å². The molecule has 0 aliphatic carbocycles. The standard InChI is InChI=1S/C11H23NS/c1-5-7-8-12(6-2)11(13)9-10(3)4/h10H,5-9H2,1-4H3. The highest BCUT2D eigenvalue weighted by atomic mass is 32.1. The second kappa shape index (κ2) is 7.31. The Morgan fingerprint density at radius 1 is 1.31 bits per heavy atom. The van der Waals surface area contributed by atoms with Crippen LogP contribution in [0.3, 0.4) is 0 Å². The van der Waals surface area contributed by atoms with E-state index in [2.05, 4.69) is 32.6 Å². The molecule has 0 amide bonds. The average molecular weight is 201 g/mol. The third kappa shape index (κ3) is 6.03. The van der Waals surface area contributed by atoms with Crippen molar-refractivity contribution in [1.29, 1.82) is 0 Å². The van der Waals surface area contributed by atoms with E-state index in [1.54, 1.807) is 0 Å². The molecule has 2 heteroatoms. The van der Waals surface area contributed by atoms with Gasteiger partial charge in [-0.15, -0.1) is 0 Å². The van der Waals surface area contributed by atoms with E-state index in [1.807, 2.05) is 0 Å². The molecule has 0 heterocycles. The second-order valence-electron chi connectivity index (χ2n) is 3.92. The first kappa shape index (κ1) is 12.9. The molecule has 0 spiro atoms. The average Bonchev–Trinajstić information content (AvgIpc) is 2.04. The maximum Gasteiger partial charge on any atom is 0.0781 e. The van der Waals surface area contributed by atoms with Crippen LogP contribution in [0.5, 0.6) is 0 Å². The molecule has 0 rings (SSSR count). The van der Waals surface area contributed by atoms with Gasteiger partial charge in [-0.25, -0.2) is 0 Å². The molecule has 0 aromatic rings. The molecule has 0 aliphatic rings. The molecule has 0 fully saturated rings. The summed E-state index contributed by atoms with van der Waals surface area (Å²) in [5.41, 5.74) is 0. The normalized spacial score (nSPS) is 10.5. The fourth-order valence-electron chi connectivity index (χ4n) is 1.29. The first-order chi connectivity index (χ1) is 6.11. The Morgan fingerprint density at radius 3 is 2.31 bits per heavy atom. The van der Waals surface area contributed by atoms with Crippen LogP contribution in [0, 0.1) is 5.92 Å². The third-order valence-electron chi connectivity index (χ3n) is 2.10. The van der Waals surface area contributed by atoms with Crippen LogP contribution in [0.15, 0.2) is 0 Å². The highest BCUT2D eigenvalue weighted by Gasteiger charge is 2.07. The molecular weight excluding hydrogens is 178 g/mol. The van der Waals surface area contributed by atoms with Crippen LogP contribution >= 0.6 is 12.2 Å². The second-order valence-corrected chi connectivity index (χ2v) is 4.40. The van der Waals surface area contributed by atoms with Gasteiger partial charge < -0.3 is 4.90 Å². The summed E-state index contributed by atoms with van der Waals surface area (Å²) in [6.45, 7) is 11.0. The molecule has 0 aromatic carbocycles. The lowest BCUT2D eigenvalue weighted by Crippen LogP contribution is -2.31. The lowest BCUT2D eigenvalue weighted by atomic mass is 10.1. The smallest absolute Gasteiger partial charge is 0.0781 e. The van der Waals surface area contributed by atoms with Crippen molar-refractivity contribution in [2.24, 2.45) is 5.92 Å². The maximum absolute atomic E-state index is 5.39. The van der Waals surface area contributed by atoms with Crippen molar-refractivity contribution < 1.29 is 0 Å². The molecule has 0 saturated heterocycles. The Bertz CT molecular complexity index is 143. The van der Waals surface area contributed by atoms with Crippen LogP contribution in [0.2, 0.25) is 0 Å². The van der Waals surface area contributed by atoms with Gasteiger partial charge >= 0.3 is 0 Å². The predicted octanol–water partition coefficient (Wildman–Crippen LogP) is 3.48. The van der Waals surface area contributed by atoms with E-state index in [1.165, 1.54) is 12.8 Å². The number of hydrogen-bond acceptors (Lipinski definition) is 1. The van der Waals surface area contributed by atoms with Crippen molar-refractivity contribution in [3.8, 4) is 0 Å². The SMILES string of the molecule is CCCCN(CC)C(=S)CC(C)C. The minimum Gasteiger partial charge on any atom is -0.366 e. The minimum atomic E-state index is 0.683. The topological polar surface area (TPSA) is 3.24 Å². The molecule has 0 atom stereocenters. The van der Waals surface area contributed by atoms with E-state index >= 15 is 0 Å². The summed E-state index contributed by atoms with van der Waals surface area (Å²) >= 11 is 5.39. The van der Waals surface area contributed by atoms with Gasteiger partial charge in [-0.3, -0.25) is 0 Å². The van der Waals surface area contributed by atoms with Crippen molar-refractivity contribution in [2.75, 3.05) is 13.1 Å². The highest BCUT2D eigenvalue weighted by Crippen LogP contribution is 2.07. The predicted molar refractivity (Wildman–Crippen MR) is 64.2 cm³/mol. The molecular formula is C11H23NS. The Balaban J connectivity index is 3.84. The first-order valence-corrected chi connectivity index (χ1v) is 5.80. The van der Waals surface area contributed by atoms with Gasteiger partial charge in [-0.2, -0.15) is 0 Å². The lowest BCUT2D eigenvalue weighted by molar-refractivity contribution is 0.420. The van der Waals surface area contributed by atoms with Gasteiger partial charge in [-0.05, 0) is 19.3 Å². The van der Waals surface area contributed by atoms with E-state index in [0.717, 1.165) is 24.5 Å². The van der Waals surface area contributed by atoms with Gasteiger partial charge in [0.15, 0.2) is 0 Å². The van der Waals surface area contributed by atoms with Gasteiger partial charge in [0.1, 0.15) is 0 Å². The van der Waals surface area contributed by atoms with E-state index in [9.17, 15) is 0 Å². The molecule has 1 nitrogen and oxygen atoms in total. The van der Waals surface area contributed by atoms with Crippen molar-refractivity contribution in [1.82, 2.24) is 4.90 Å². The van der Waals surface area contributed by atoms with Gasteiger partial charge in [0, 0.05) is 19.5 Å². The lowest BCUT2D eigenvalue weighted by Gasteiger charge is -2.24. The summed E-state index contributed by atoms with van der Waals surface area (Å²) in [4.78, 5) is 3.48. The Kier molecular flexibility index (Phi) is 7.25. The van der Waals surface area contributed by atoms with E-state index in [4.69, 9.17) is 12.2 Å². The van der Waals surface area contributed by atoms with Gasteiger partial charge in [0.2, 0.25) is 0 Å². The van der Waals surface area contributed by atoms with Gasteiger partial charge in [0.05, 0.1) is 4.99 Å². The van der Waals surface area contributed by atoms with Crippen LogP contribution in [0.1, 0.15) is 47.0 Å². The molecule has 0 aliphatic heterocycles. The zero-order chi connectivity index (χ0) is 10.3. The van der Waals surface area contributed by atoms with Crippen molar-refractivity contribution >= 4 is 17.2 Å². The van der Waals surface area contributed by atoms with Crippen LogP contribution < -0.4 is 0 Å². The molecule has 0 saturated carbocycles. The summed E-state index contributed by atoms with van der Waals surface area (Å²) in [5, 5.41) is 0. The number of nitrogens with zero attached hydrogens (tertiary/aromatic N) is 1. The number of hydrogen-bond donors (Lipinski definition) is 0. The summed E-state index contributed by atoms with van der Waals surface area (Å²) in [7, 11) is 0. The maximum atomic E-state index is 5.39. The number of thiocarbonyl (C=S) groups is 1. The molecule has 13 heavy (non-hydrogen) atoms. The zero-order valence-electron chi connectivity index (χ0n) is 9.47. The van der Waals surface area contributed by atoms with Crippen molar-refractivity contribution in [3.05, 3.63) is 0 Å². The molecule has 0 bridgehead atoms. The summed E-state index contributed by atoms with van der Waals surface area (Å²) in [5.74, 6) is 0.683. The van der Waals surface area contributed by atoms with Crippen molar-refractivity contribution in [2.45, 2.75) is 47.0 Å². The Hall–Kier alpha value is -0.110. The molecule has 0 radical (unpaired) electrons. The van der Waals surface area contributed by atoms with E-state index < -0.39 is 0 Å². The highest BCUT2D eigenvalue weighted by molar-refractivity contribution is 7.80. The fourth-order valence-corrected chi connectivity index (χ4v) is 1.84. The minimum absolute atomic E-state index is 0.683. The summed E-state index contributed by atoms with van der Waals surface area (Å²) in [6.07, 6.45) is 3.57. The van der Waals surface area contributed by atoms with Crippen LogP contribution in [-0.4, -0.2) is 23.0 Å². The quantitative estimate of drug-likeness (QED) is 0.605. The Labute approximate surface area is 88.5 Å². The monoisotopic (exact) mass is 201 g/mol. The number of unbranched alkanes of at least 4 members (excludes halogenated alkanes) is 1. The summed E-state index contributed by atoms with van der Waals surface area (Å²) < 4.78 is 0. The van der Waals surface area contributed by atoms with Crippen LogP contribution in [0.25, 0.3) is 0 Å². The Morgan fingerprint density at radius 2 is 1.92 bits per heavy atom. The molecule has 78 valence electrons. The van der Waals surface area contributed by atoms with Gasteiger partial charge in [0.25, 0.3) is 0 Å². The molecule has 0 unspecified atom stereocenters. The van der Waals surface area contributed by atoms with E-state index in [0.29, 0.717) is 5.92 Å². The largest absolute Gasteiger partial charge is 0.366 e.